The van der Waals surface area contributed by atoms with Crippen molar-refractivity contribution in [3.05, 3.63) is 130 Å². The Labute approximate surface area is 334 Å². The van der Waals surface area contributed by atoms with Gasteiger partial charge in [0.2, 0.25) is 11.6 Å². The summed E-state index contributed by atoms with van der Waals surface area (Å²) in [7, 11) is 0. The molecule has 0 aliphatic heterocycles. The number of carbonyl (C=O) groups excluding carboxylic acids is 4. The summed E-state index contributed by atoms with van der Waals surface area (Å²) in [5, 5.41) is 6.05. The molecular formula is C47H50N6O4. The second kappa shape index (κ2) is 17.3. The fourth-order valence-electron chi connectivity index (χ4n) is 7.45. The van der Waals surface area contributed by atoms with Crippen LogP contribution in [0, 0.1) is 0 Å². The van der Waals surface area contributed by atoms with Gasteiger partial charge in [0.05, 0.1) is 46.3 Å². The Morgan fingerprint density at radius 1 is 0.491 bits per heavy atom. The van der Waals surface area contributed by atoms with Gasteiger partial charge in [0.15, 0.2) is 0 Å². The molecule has 0 radical (unpaired) electrons. The number of anilines is 2. The molecule has 0 saturated carbocycles. The summed E-state index contributed by atoms with van der Waals surface area (Å²) in [6, 6.07) is 23.0. The Hall–Kier alpha value is -6.16. The second-order valence-electron chi connectivity index (χ2n) is 15.8. The average Bonchev–Trinajstić information content (AvgIpc) is 3.17. The predicted molar refractivity (Wildman–Crippen MR) is 226 cm³/mol. The highest BCUT2D eigenvalue weighted by molar-refractivity contribution is 6.41. The summed E-state index contributed by atoms with van der Waals surface area (Å²) < 4.78 is 0. The van der Waals surface area contributed by atoms with E-state index in [2.05, 4.69) is 98.1 Å². The van der Waals surface area contributed by atoms with Crippen molar-refractivity contribution >= 4 is 56.8 Å². The lowest BCUT2D eigenvalue weighted by Crippen LogP contribution is -2.27. The van der Waals surface area contributed by atoms with E-state index in [-0.39, 0.29) is 36.5 Å². The van der Waals surface area contributed by atoms with Gasteiger partial charge in [0.1, 0.15) is 0 Å². The Morgan fingerprint density at radius 2 is 0.860 bits per heavy atom. The number of nitrogens with one attached hydrogen (secondary N) is 2. The van der Waals surface area contributed by atoms with E-state index in [9.17, 15) is 19.2 Å². The molecule has 10 nitrogen and oxygen atoms in total. The molecule has 0 spiro atoms. The number of ketones is 2. The quantitative estimate of drug-likeness (QED) is 0.105. The Kier molecular flexibility index (Phi) is 12.3. The monoisotopic (exact) mass is 762 g/mol. The first-order chi connectivity index (χ1) is 27.2. The van der Waals surface area contributed by atoms with Gasteiger partial charge < -0.3 is 10.6 Å². The fourth-order valence-corrected chi connectivity index (χ4v) is 7.45. The van der Waals surface area contributed by atoms with E-state index < -0.39 is 23.4 Å². The highest BCUT2D eigenvalue weighted by Crippen LogP contribution is 2.40. The summed E-state index contributed by atoms with van der Waals surface area (Å²) in [5.41, 5.74) is 10.6. The molecule has 6 aromatic rings. The Balaban J connectivity index is 1.31. The molecule has 10 heteroatoms. The van der Waals surface area contributed by atoms with Gasteiger partial charge in [-0.1, -0.05) is 104 Å². The van der Waals surface area contributed by atoms with Gasteiger partial charge in [-0.15, -0.1) is 0 Å². The lowest BCUT2D eigenvalue weighted by molar-refractivity contribution is -0.134. The van der Waals surface area contributed by atoms with Crippen LogP contribution in [0.15, 0.2) is 85.2 Å². The minimum Gasteiger partial charge on any atom is -0.319 e. The topological polar surface area (TPSA) is 144 Å². The number of carbonyl (C=O) groups is 4. The molecule has 0 saturated heterocycles. The number of para-hydroxylation sites is 4. The molecule has 57 heavy (non-hydrogen) atoms. The molecule has 0 aliphatic carbocycles. The minimum absolute atomic E-state index is 0.0112. The SMILES string of the molecule is CC(C)c1ccc(Cc2ccc(C(C)C)c(NC(=O)C(=O)Cc3cnc4ccccc4n3)c2C(C)C)c(C(C)C)c1NC(=O)C(=O)Cc1cnc2ccccc2n1. The molecule has 4 aromatic carbocycles. The number of hydrogen-bond donors (Lipinski definition) is 2. The van der Waals surface area contributed by atoms with Gasteiger partial charge >= 0.3 is 0 Å². The van der Waals surface area contributed by atoms with Crippen LogP contribution in [0.3, 0.4) is 0 Å². The standard InChI is InChI=1S/C47H50N6O4/c1-26(2)34-19-17-30(42(28(5)6)44(34)52-46(56)40(54)22-32-24-48-36-13-9-11-15-38(36)50-32)21-31-18-20-35(27(3)4)45(43(31)29(7)8)53-47(57)41(55)23-33-25-49-37-14-10-12-16-39(37)51-33/h9-20,24-29H,21-23H2,1-8H3,(H,52,56)(H,53,57). The van der Waals surface area contributed by atoms with Crippen LogP contribution < -0.4 is 10.6 Å². The van der Waals surface area contributed by atoms with E-state index in [1.54, 1.807) is 0 Å². The molecule has 2 N–H and O–H groups in total. The first kappa shape index (κ1) is 40.5. The summed E-state index contributed by atoms with van der Waals surface area (Å²) in [5.74, 6) is -2.54. The molecule has 0 fully saturated rings. The normalized spacial score (nSPS) is 11.6. The fraction of sp³-hybridized carbons (Fsp3) is 0.319. The zero-order valence-electron chi connectivity index (χ0n) is 33.9. The third-order valence-electron chi connectivity index (χ3n) is 10.2. The highest BCUT2D eigenvalue weighted by Gasteiger charge is 2.27. The number of benzene rings is 4. The van der Waals surface area contributed by atoms with Crippen LogP contribution in [0.5, 0.6) is 0 Å². The van der Waals surface area contributed by atoms with Crippen molar-refractivity contribution in [2.24, 2.45) is 0 Å². The summed E-state index contributed by atoms with van der Waals surface area (Å²) >= 11 is 0. The van der Waals surface area contributed by atoms with Crippen molar-refractivity contribution in [2.45, 2.75) is 98.3 Å². The lowest BCUT2D eigenvalue weighted by atomic mass is 9.83. The predicted octanol–water partition coefficient (Wildman–Crippen LogP) is 9.16. The van der Waals surface area contributed by atoms with Gasteiger partial charge in [-0.3, -0.25) is 29.1 Å². The largest absolute Gasteiger partial charge is 0.319 e. The second-order valence-corrected chi connectivity index (χ2v) is 15.8. The number of Topliss-reactive ketones (excluding diaryl/α,β-unsaturated/α-hetero) is 2. The van der Waals surface area contributed by atoms with E-state index in [0.717, 1.165) is 33.4 Å². The third kappa shape index (κ3) is 9.12. The lowest BCUT2D eigenvalue weighted by Gasteiger charge is -2.26. The molecule has 292 valence electrons. The van der Waals surface area contributed by atoms with Crippen LogP contribution in [0.2, 0.25) is 0 Å². The molecule has 6 rings (SSSR count). The third-order valence-corrected chi connectivity index (χ3v) is 10.2. The number of amides is 2. The zero-order chi connectivity index (χ0) is 41.0. The molecule has 0 bridgehead atoms. The maximum atomic E-state index is 13.6. The number of hydrogen-bond acceptors (Lipinski definition) is 8. The molecule has 0 aliphatic rings. The molecule has 0 atom stereocenters. The Morgan fingerprint density at radius 3 is 1.21 bits per heavy atom. The maximum Gasteiger partial charge on any atom is 0.292 e. The molecule has 2 aromatic heterocycles. The van der Waals surface area contributed by atoms with Crippen molar-refractivity contribution in [2.75, 3.05) is 10.6 Å². The van der Waals surface area contributed by atoms with Gasteiger partial charge in [-0.05, 0) is 87.7 Å². The van der Waals surface area contributed by atoms with E-state index in [4.69, 9.17) is 0 Å². The van der Waals surface area contributed by atoms with Crippen LogP contribution >= 0.6 is 0 Å². The number of rotatable bonds is 14. The number of aromatic nitrogens is 4. The average molecular weight is 763 g/mol. The van der Waals surface area contributed by atoms with Crippen molar-refractivity contribution in [1.82, 2.24) is 19.9 Å². The van der Waals surface area contributed by atoms with Gasteiger partial charge in [0, 0.05) is 23.8 Å². The molecular weight excluding hydrogens is 713 g/mol. The Bertz CT molecular complexity index is 2330. The highest BCUT2D eigenvalue weighted by atomic mass is 16.2. The maximum absolute atomic E-state index is 13.6. The van der Waals surface area contributed by atoms with Gasteiger partial charge in [-0.25, -0.2) is 9.97 Å². The van der Waals surface area contributed by atoms with Crippen molar-refractivity contribution in [1.29, 1.82) is 0 Å². The van der Waals surface area contributed by atoms with Crippen molar-refractivity contribution in [3.63, 3.8) is 0 Å². The van der Waals surface area contributed by atoms with Gasteiger partial charge in [0.25, 0.3) is 11.8 Å². The summed E-state index contributed by atoms with van der Waals surface area (Å²) in [4.78, 5) is 71.9. The van der Waals surface area contributed by atoms with Crippen molar-refractivity contribution < 1.29 is 19.2 Å². The van der Waals surface area contributed by atoms with E-state index >= 15 is 0 Å². The van der Waals surface area contributed by atoms with Crippen LogP contribution in [0.4, 0.5) is 11.4 Å². The van der Waals surface area contributed by atoms with E-state index in [1.165, 1.54) is 12.4 Å². The number of fused-ring (bicyclic) bond motifs is 2. The van der Waals surface area contributed by atoms with E-state index in [0.29, 0.717) is 51.3 Å². The van der Waals surface area contributed by atoms with Crippen LogP contribution in [0.1, 0.15) is 124 Å². The first-order valence-corrected chi connectivity index (χ1v) is 19.6. The van der Waals surface area contributed by atoms with E-state index in [1.807, 2.05) is 60.7 Å². The molecule has 2 amide bonds. The minimum atomic E-state index is -0.709. The molecule has 2 heterocycles. The first-order valence-electron chi connectivity index (χ1n) is 19.6. The summed E-state index contributed by atoms with van der Waals surface area (Å²) in [6.45, 7) is 16.6. The molecule has 0 unspecified atom stereocenters. The smallest absolute Gasteiger partial charge is 0.292 e. The van der Waals surface area contributed by atoms with Gasteiger partial charge in [-0.2, -0.15) is 0 Å². The summed E-state index contributed by atoms with van der Waals surface area (Å²) in [6.07, 6.45) is 3.21. The van der Waals surface area contributed by atoms with Crippen LogP contribution in [-0.2, 0) is 38.4 Å². The zero-order valence-corrected chi connectivity index (χ0v) is 33.9. The van der Waals surface area contributed by atoms with Crippen LogP contribution in [-0.4, -0.2) is 43.3 Å². The number of nitrogens with zero attached hydrogens (tertiary/aromatic N) is 4. The van der Waals surface area contributed by atoms with Crippen LogP contribution in [0.25, 0.3) is 22.1 Å². The van der Waals surface area contributed by atoms with Crippen molar-refractivity contribution in [3.8, 4) is 0 Å².